The second kappa shape index (κ2) is 2.76. The third kappa shape index (κ3) is 1.30. The van der Waals surface area contributed by atoms with Crippen LogP contribution in [0.25, 0.3) is 0 Å². The van der Waals surface area contributed by atoms with Crippen LogP contribution in [0, 0.1) is 5.92 Å². The van der Waals surface area contributed by atoms with Crippen LogP contribution >= 0.6 is 0 Å². The van der Waals surface area contributed by atoms with E-state index in [1.807, 2.05) is 13.8 Å². The van der Waals surface area contributed by atoms with E-state index in [9.17, 15) is 5.11 Å². The third-order valence-corrected chi connectivity index (χ3v) is 3.08. The maximum absolute atomic E-state index is 9.91. The van der Waals surface area contributed by atoms with Gasteiger partial charge in [0, 0.05) is 5.92 Å². The molecule has 4 atom stereocenters. The maximum Gasteiger partial charge on any atom is 0.0927 e. The minimum absolute atomic E-state index is 0.0255. The van der Waals surface area contributed by atoms with E-state index in [2.05, 4.69) is 13.8 Å². The van der Waals surface area contributed by atoms with Gasteiger partial charge in [-0.3, -0.25) is 0 Å². The maximum atomic E-state index is 9.91. The van der Waals surface area contributed by atoms with Crippen molar-refractivity contribution in [2.24, 2.45) is 5.92 Å². The molecule has 1 aliphatic rings. The minimum Gasteiger partial charge on any atom is -0.387 e. The summed E-state index contributed by atoms with van der Waals surface area (Å²) >= 11 is 0. The van der Waals surface area contributed by atoms with E-state index in [1.54, 1.807) is 0 Å². The summed E-state index contributed by atoms with van der Waals surface area (Å²) in [4.78, 5) is 0. The molecule has 0 bridgehead atoms. The summed E-state index contributed by atoms with van der Waals surface area (Å²) in [6, 6.07) is 0. The van der Waals surface area contributed by atoms with Gasteiger partial charge in [-0.1, -0.05) is 13.8 Å². The van der Waals surface area contributed by atoms with Crippen molar-refractivity contribution in [3.8, 4) is 0 Å². The Labute approximate surface area is 68.6 Å². The number of rotatable bonds is 1. The van der Waals surface area contributed by atoms with Crippen LogP contribution in [0.5, 0.6) is 0 Å². The van der Waals surface area contributed by atoms with Crippen LogP contribution in [0.2, 0.25) is 0 Å². The van der Waals surface area contributed by atoms with E-state index >= 15 is 0 Å². The zero-order chi connectivity index (χ0) is 8.65. The molecule has 0 radical (unpaired) electrons. The van der Waals surface area contributed by atoms with Crippen molar-refractivity contribution in [1.82, 2.24) is 0 Å². The van der Waals surface area contributed by atoms with Gasteiger partial charge in [-0.05, 0) is 20.3 Å². The van der Waals surface area contributed by atoms with Crippen LogP contribution < -0.4 is 0 Å². The molecule has 0 amide bonds. The molecule has 0 aliphatic carbocycles. The van der Waals surface area contributed by atoms with Crippen molar-refractivity contribution in [2.75, 3.05) is 0 Å². The fourth-order valence-corrected chi connectivity index (χ4v) is 1.71. The number of aliphatic hydroxyl groups is 1. The van der Waals surface area contributed by atoms with Crippen molar-refractivity contribution < 1.29 is 9.84 Å². The first-order valence-corrected chi connectivity index (χ1v) is 4.38. The van der Waals surface area contributed by atoms with E-state index in [-0.39, 0.29) is 18.1 Å². The number of hydrogen-bond donors (Lipinski definition) is 1. The van der Waals surface area contributed by atoms with Gasteiger partial charge in [0.05, 0.1) is 17.8 Å². The molecule has 66 valence electrons. The van der Waals surface area contributed by atoms with Gasteiger partial charge in [0.2, 0.25) is 0 Å². The first kappa shape index (κ1) is 9.01. The Morgan fingerprint density at radius 1 is 1.45 bits per heavy atom. The van der Waals surface area contributed by atoms with Crippen LogP contribution in [0.15, 0.2) is 0 Å². The van der Waals surface area contributed by atoms with Crippen LogP contribution in [0.1, 0.15) is 34.1 Å². The van der Waals surface area contributed by atoms with Crippen molar-refractivity contribution in [3.63, 3.8) is 0 Å². The fourth-order valence-electron chi connectivity index (χ4n) is 1.71. The quantitative estimate of drug-likeness (QED) is 0.627. The molecule has 2 heteroatoms. The number of hydrogen-bond acceptors (Lipinski definition) is 2. The highest BCUT2D eigenvalue weighted by Crippen LogP contribution is 2.36. The molecule has 0 aromatic rings. The highest BCUT2D eigenvalue weighted by atomic mass is 16.5. The van der Waals surface area contributed by atoms with Gasteiger partial charge < -0.3 is 9.84 Å². The van der Waals surface area contributed by atoms with Gasteiger partial charge in [0.25, 0.3) is 0 Å². The molecule has 0 aromatic heterocycles. The third-order valence-electron chi connectivity index (χ3n) is 3.08. The Balaban J connectivity index is 2.71. The Morgan fingerprint density at radius 2 is 2.00 bits per heavy atom. The van der Waals surface area contributed by atoms with Crippen molar-refractivity contribution in [1.29, 1.82) is 0 Å². The molecule has 1 N–H and O–H groups in total. The van der Waals surface area contributed by atoms with E-state index in [0.29, 0.717) is 0 Å². The van der Waals surface area contributed by atoms with Crippen molar-refractivity contribution >= 4 is 0 Å². The lowest BCUT2D eigenvalue weighted by Crippen LogP contribution is -2.38. The molecule has 1 heterocycles. The van der Waals surface area contributed by atoms with Gasteiger partial charge >= 0.3 is 0 Å². The molecule has 2 nitrogen and oxygen atoms in total. The van der Waals surface area contributed by atoms with E-state index in [0.717, 1.165) is 6.42 Å². The van der Waals surface area contributed by atoms with Crippen molar-refractivity contribution in [2.45, 2.75) is 51.9 Å². The van der Waals surface area contributed by atoms with E-state index in [1.165, 1.54) is 0 Å². The highest BCUT2D eigenvalue weighted by Gasteiger charge is 2.46. The van der Waals surface area contributed by atoms with Crippen molar-refractivity contribution in [3.05, 3.63) is 0 Å². The molecule has 0 unspecified atom stereocenters. The van der Waals surface area contributed by atoms with Crippen LogP contribution in [-0.4, -0.2) is 22.9 Å². The summed E-state index contributed by atoms with van der Waals surface area (Å²) in [6.45, 7) is 7.94. The molecule has 1 fully saturated rings. The SMILES string of the molecule is CC[C@H]1O[C@@H](C)[C@@](C)(O)[C@@H]1C. The van der Waals surface area contributed by atoms with Gasteiger partial charge in [-0.15, -0.1) is 0 Å². The predicted octanol–water partition coefficient (Wildman–Crippen LogP) is 1.57. The second-order valence-electron chi connectivity index (χ2n) is 3.74. The summed E-state index contributed by atoms with van der Waals surface area (Å²) in [7, 11) is 0. The fraction of sp³-hybridized carbons (Fsp3) is 1.00. The lowest BCUT2D eigenvalue weighted by Gasteiger charge is -2.25. The zero-order valence-corrected chi connectivity index (χ0v) is 7.79. The monoisotopic (exact) mass is 158 g/mol. The summed E-state index contributed by atoms with van der Waals surface area (Å²) in [5, 5.41) is 9.91. The van der Waals surface area contributed by atoms with Gasteiger partial charge in [-0.2, -0.15) is 0 Å². The van der Waals surface area contributed by atoms with Crippen LogP contribution in [0.4, 0.5) is 0 Å². The van der Waals surface area contributed by atoms with Gasteiger partial charge in [0.1, 0.15) is 0 Å². The Bertz CT molecular complexity index is 142. The molecule has 0 aromatic carbocycles. The lowest BCUT2D eigenvalue weighted by molar-refractivity contribution is -0.0318. The topological polar surface area (TPSA) is 29.5 Å². The summed E-state index contributed by atoms with van der Waals surface area (Å²) in [5.41, 5.74) is -0.638. The first-order chi connectivity index (χ1) is 5.00. The smallest absolute Gasteiger partial charge is 0.0927 e. The zero-order valence-electron chi connectivity index (χ0n) is 7.79. The molecule has 0 saturated carbocycles. The van der Waals surface area contributed by atoms with E-state index in [4.69, 9.17) is 4.74 Å². The van der Waals surface area contributed by atoms with Crippen LogP contribution in [-0.2, 0) is 4.74 Å². The largest absolute Gasteiger partial charge is 0.387 e. The molecule has 1 aliphatic heterocycles. The summed E-state index contributed by atoms with van der Waals surface area (Å²) in [5.74, 6) is 0.252. The van der Waals surface area contributed by atoms with Crippen LogP contribution in [0.3, 0.4) is 0 Å². The molecule has 11 heavy (non-hydrogen) atoms. The highest BCUT2D eigenvalue weighted by molar-refractivity contribution is 4.95. The lowest BCUT2D eigenvalue weighted by atomic mass is 9.85. The summed E-state index contributed by atoms with van der Waals surface area (Å²) < 4.78 is 5.59. The normalized spacial score (nSPS) is 51.5. The predicted molar refractivity (Wildman–Crippen MR) is 44.4 cm³/mol. The van der Waals surface area contributed by atoms with Gasteiger partial charge in [0.15, 0.2) is 0 Å². The molecular formula is C9H18O2. The standard InChI is InChI=1S/C9H18O2/c1-5-8-6(2)9(4,10)7(3)11-8/h6-8,10H,5H2,1-4H3/t6-,7+,8-,9+/m1/s1. The summed E-state index contributed by atoms with van der Waals surface area (Å²) in [6.07, 6.45) is 1.20. The molecular weight excluding hydrogens is 140 g/mol. The average molecular weight is 158 g/mol. The Kier molecular flexibility index (Phi) is 2.26. The Hall–Kier alpha value is -0.0800. The first-order valence-electron chi connectivity index (χ1n) is 4.38. The molecule has 1 rings (SSSR count). The molecule has 0 spiro atoms. The molecule has 1 saturated heterocycles. The Morgan fingerprint density at radius 3 is 2.18 bits per heavy atom. The van der Waals surface area contributed by atoms with Gasteiger partial charge in [-0.25, -0.2) is 0 Å². The minimum atomic E-state index is -0.638. The number of ether oxygens (including phenoxy) is 1. The van der Waals surface area contributed by atoms with E-state index < -0.39 is 5.60 Å². The second-order valence-corrected chi connectivity index (χ2v) is 3.74. The average Bonchev–Trinajstić information content (AvgIpc) is 2.14.